The Morgan fingerprint density at radius 1 is 1.31 bits per heavy atom. The van der Waals surface area contributed by atoms with E-state index in [4.69, 9.17) is 0 Å². The highest BCUT2D eigenvalue weighted by molar-refractivity contribution is 5.94. The SMILES string of the molecule is CC(=O)c1ccc(-c2cccnc2)c(F)c1. The molecule has 1 aromatic heterocycles. The molecule has 1 aromatic carbocycles. The predicted octanol–water partition coefficient (Wildman–Crippen LogP) is 3.09. The van der Waals surface area contributed by atoms with Crippen LogP contribution in [0.4, 0.5) is 4.39 Å². The Morgan fingerprint density at radius 2 is 2.12 bits per heavy atom. The molecule has 0 aliphatic rings. The molecule has 0 radical (unpaired) electrons. The number of carbonyl (C=O) groups is 1. The number of rotatable bonds is 2. The summed E-state index contributed by atoms with van der Waals surface area (Å²) in [6.45, 7) is 1.42. The van der Waals surface area contributed by atoms with E-state index < -0.39 is 5.82 Å². The van der Waals surface area contributed by atoms with Gasteiger partial charge in [0.15, 0.2) is 5.78 Å². The van der Waals surface area contributed by atoms with Crippen LogP contribution in [-0.4, -0.2) is 10.8 Å². The Bertz CT molecular complexity index is 523. The molecule has 2 nitrogen and oxygen atoms in total. The van der Waals surface area contributed by atoms with Crippen molar-refractivity contribution in [1.29, 1.82) is 0 Å². The minimum Gasteiger partial charge on any atom is -0.295 e. The highest BCUT2D eigenvalue weighted by Crippen LogP contribution is 2.22. The highest BCUT2D eigenvalue weighted by atomic mass is 19.1. The van der Waals surface area contributed by atoms with Crippen molar-refractivity contribution in [2.75, 3.05) is 0 Å². The van der Waals surface area contributed by atoms with Gasteiger partial charge in [0, 0.05) is 29.1 Å². The fourth-order valence-electron chi connectivity index (χ4n) is 1.49. The van der Waals surface area contributed by atoms with Crippen LogP contribution in [0, 0.1) is 5.82 Å². The first-order chi connectivity index (χ1) is 7.68. The molecular formula is C13H10FNO. The van der Waals surface area contributed by atoms with Gasteiger partial charge in [-0.15, -0.1) is 0 Å². The minimum absolute atomic E-state index is 0.142. The summed E-state index contributed by atoms with van der Waals surface area (Å²) < 4.78 is 13.7. The molecule has 80 valence electrons. The van der Waals surface area contributed by atoms with Crippen molar-refractivity contribution in [3.63, 3.8) is 0 Å². The molecule has 0 spiro atoms. The van der Waals surface area contributed by atoms with E-state index in [-0.39, 0.29) is 5.78 Å². The topological polar surface area (TPSA) is 30.0 Å². The largest absolute Gasteiger partial charge is 0.295 e. The molecule has 0 aliphatic carbocycles. The number of Topliss-reactive ketones (excluding diaryl/α,β-unsaturated/α-hetero) is 1. The molecule has 1 heterocycles. The van der Waals surface area contributed by atoms with Crippen LogP contribution in [0.1, 0.15) is 17.3 Å². The van der Waals surface area contributed by atoms with Crippen LogP contribution in [0.5, 0.6) is 0 Å². The normalized spacial score (nSPS) is 10.1. The third-order valence-electron chi connectivity index (χ3n) is 2.35. The highest BCUT2D eigenvalue weighted by Gasteiger charge is 2.07. The molecule has 3 heteroatoms. The number of carbonyl (C=O) groups excluding carboxylic acids is 1. The summed E-state index contributed by atoms with van der Waals surface area (Å²) in [7, 11) is 0. The number of hydrogen-bond donors (Lipinski definition) is 0. The van der Waals surface area contributed by atoms with E-state index in [0.29, 0.717) is 16.7 Å². The van der Waals surface area contributed by atoms with Gasteiger partial charge in [-0.05, 0) is 19.1 Å². The number of halogens is 1. The van der Waals surface area contributed by atoms with Crippen LogP contribution in [0.15, 0.2) is 42.7 Å². The molecule has 0 fully saturated rings. The van der Waals surface area contributed by atoms with E-state index >= 15 is 0 Å². The Morgan fingerprint density at radius 3 is 2.69 bits per heavy atom. The first-order valence-electron chi connectivity index (χ1n) is 4.89. The van der Waals surface area contributed by atoms with Crippen LogP contribution in [-0.2, 0) is 0 Å². The van der Waals surface area contributed by atoms with Crippen molar-refractivity contribution in [2.45, 2.75) is 6.92 Å². The lowest BCUT2D eigenvalue weighted by molar-refractivity contribution is 0.101. The van der Waals surface area contributed by atoms with Crippen molar-refractivity contribution >= 4 is 5.78 Å². The molecule has 0 N–H and O–H groups in total. The fourth-order valence-corrected chi connectivity index (χ4v) is 1.49. The number of nitrogens with zero attached hydrogens (tertiary/aromatic N) is 1. The van der Waals surface area contributed by atoms with Crippen LogP contribution in [0.2, 0.25) is 0 Å². The fraction of sp³-hybridized carbons (Fsp3) is 0.0769. The molecule has 2 rings (SSSR count). The molecule has 0 amide bonds. The number of hydrogen-bond acceptors (Lipinski definition) is 2. The molecule has 0 atom stereocenters. The Kier molecular flexibility index (Phi) is 2.77. The van der Waals surface area contributed by atoms with Gasteiger partial charge in [-0.1, -0.05) is 18.2 Å². The van der Waals surface area contributed by atoms with Crippen LogP contribution in [0.3, 0.4) is 0 Å². The van der Waals surface area contributed by atoms with Gasteiger partial charge in [-0.25, -0.2) is 4.39 Å². The molecular weight excluding hydrogens is 205 g/mol. The van der Waals surface area contributed by atoms with Crippen molar-refractivity contribution in [3.8, 4) is 11.1 Å². The molecule has 0 bridgehead atoms. The van der Waals surface area contributed by atoms with Crippen molar-refractivity contribution < 1.29 is 9.18 Å². The van der Waals surface area contributed by atoms with E-state index in [1.165, 1.54) is 13.0 Å². The average Bonchev–Trinajstić information content (AvgIpc) is 2.30. The summed E-state index contributed by atoms with van der Waals surface area (Å²) in [6, 6.07) is 7.99. The second-order valence-electron chi connectivity index (χ2n) is 3.49. The third kappa shape index (κ3) is 1.98. The van der Waals surface area contributed by atoms with E-state index in [1.807, 2.05) is 0 Å². The maximum atomic E-state index is 13.7. The monoisotopic (exact) mass is 215 g/mol. The molecule has 0 saturated heterocycles. The maximum absolute atomic E-state index is 13.7. The smallest absolute Gasteiger partial charge is 0.159 e. The summed E-state index contributed by atoms with van der Waals surface area (Å²) in [5.74, 6) is -0.544. The van der Waals surface area contributed by atoms with Gasteiger partial charge in [0.1, 0.15) is 5.82 Å². The quantitative estimate of drug-likeness (QED) is 0.720. The molecule has 0 unspecified atom stereocenters. The lowest BCUT2D eigenvalue weighted by atomic mass is 10.0. The van der Waals surface area contributed by atoms with E-state index in [9.17, 15) is 9.18 Å². The van der Waals surface area contributed by atoms with Crippen molar-refractivity contribution in [2.24, 2.45) is 0 Å². The van der Waals surface area contributed by atoms with E-state index in [2.05, 4.69) is 4.98 Å². The Balaban J connectivity index is 2.48. The lowest BCUT2D eigenvalue weighted by Gasteiger charge is -2.04. The first kappa shape index (κ1) is 10.5. The predicted molar refractivity (Wildman–Crippen MR) is 59.6 cm³/mol. The Hall–Kier alpha value is -2.03. The van der Waals surface area contributed by atoms with E-state index in [1.54, 1.807) is 36.7 Å². The second kappa shape index (κ2) is 4.23. The summed E-state index contributed by atoms with van der Waals surface area (Å²) in [6.07, 6.45) is 3.22. The number of pyridine rings is 1. The van der Waals surface area contributed by atoms with Gasteiger partial charge in [-0.2, -0.15) is 0 Å². The van der Waals surface area contributed by atoms with Crippen LogP contribution < -0.4 is 0 Å². The number of benzene rings is 1. The average molecular weight is 215 g/mol. The van der Waals surface area contributed by atoms with Crippen molar-refractivity contribution in [1.82, 2.24) is 4.98 Å². The first-order valence-corrected chi connectivity index (χ1v) is 4.89. The molecule has 2 aromatic rings. The van der Waals surface area contributed by atoms with Gasteiger partial charge in [0.2, 0.25) is 0 Å². The number of ketones is 1. The standard InChI is InChI=1S/C13H10FNO/c1-9(16)10-4-5-12(13(14)7-10)11-3-2-6-15-8-11/h2-8H,1H3. The van der Waals surface area contributed by atoms with Gasteiger partial charge in [-0.3, -0.25) is 9.78 Å². The zero-order valence-corrected chi connectivity index (χ0v) is 8.77. The van der Waals surface area contributed by atoms with Gasteiger partial charge in [0.25, 0.3) is 0 Å². The van der Waals surface area contributed by atoms with Crippen LogP contribution >= 0.6 is 0 Å². The Labute approximate surface area is 92.8 Å². The summed E-state index contributed by atoms with van der Waals surface area (Å²) in [5, 5.41) is 0. The van der Waals surface area contributed by atoms with E-state index in [0.717, 1.165) is 0 Å². The number of aromatic nitrogens is 1. The zero-order valence-electron chi connectivity index (χ0n) is 8.77. The zero-order chi connectivity index (χ0) is 11.5. The van der Waals surface area contributed by atoms with Crippen molar-refractivity contribution in [3.05, 3.63) is 54.1 Å². The molecule has 0 saturated carbocycles. The molecule has 16 heavy (non-hydrogen) atoms. The van der Waals surface area contributed by atoms with Gasteiger partial charge in [0.05, 0.1) is 0 Å². The molecule has 0 aliphatic heterocycles. The van der Waals surface area contributed by atoms with Crippen LogP contribution in [0.25, 0.3) is 11.1 Å². The summed E-state index contributed by atoms with van der Waals surface area (Å²) >= 11 is 0. The second-order valence-corrected chi connectivity index (χ2v) is 3.49. The summed E-state index contributed by atoms with van der Waals surface area (Å²) in [4.78, 5) is 15.0. The third-order valence-corrected chi connectivity index (χ3v) is 2.35. The van der Waals surface area contributed by atoms with Gasteiger partial charge < -0.3 is 0 Å². The maximum Gasteiger partial charge on any atom is 0.159 e. The van der Waals surface area contributed by atoms with Gasteiger partial charge >= 0.3 is 0 Å². The minimum atomic E-state index is -0.402. The lowest BCUT2D eigenvalue weighted by Crippen LogP contribution is -1.94. The summed E-state index contributed by atoms with van der Waals surface area (Å²) in [5.41, 5.74) is 1.54.